The summed E-state index contributed by atoms with van der Waals surface area (Å²) in [5.74, 6) is -1.99. The Labute approximate surface area is 146 Å². The zero-order chi connectivity index (χ0) is 18.2. The fraction of sp³-hybridized carbons (Fsp3) is 0.667. The lowest BCUT2D eigenvalue weighted by molar-refractivity contribution is -0.176. The lowest BCUT2D eigenvalue weighted by atomic mass is 9.84. The summed E-state index contributed by atoms with van der Waals surface area (Å²) in [5.41, 5.74) is -0.796. The monoisotopic (exact) mass is 351 g/mol. The predicted molar refractivity (Wildman–Crippen MR) is 88.5 cm³/mol. The van der Waals surface area contributed by atoms with Crippen LogP contribution in [-0.4, -0.2) is 71.1 Å². The topological polar surface area (TPSA) is 96.3 Å². The summed E-state index contributed by atoms with van der Waals surface area (Å²) in [6.45, 7) is 4.12. The third kappa shape index (κ3) is 3.12. The molecule has 4 atom stereocenters. The van der Waals surface area contributed by atoms with Crippen molar-refractivity contribution in [1.82, 2.24) is 4.90 Å². The number of carbonyl (C=O) groups excluding carboxylic acids is 2. The van der Waals surface area contributed by atoms with Crippen LogP contribution in [0.4, 0.5) is 0 Å². The highest BCUT2D eigenvalue weighted by atomic mass is 16.6. The van der Waals surface area contributed by atoms with E-state index in [-0.39, 0.29) is 25.2 Å². The first-order valence-corrected chi connectivity index (χ1v) is 8.70. The molecule has 25 heavy (non-hydrogen) atoms. The maximum Gasteiger partial charge on any atom is 0.341 e. The van der Waals surface area contributed by atoms with Crippen LogP contribution in [-0.2, 0) is 19.1 Å². The molecule has 0 amide bonds. The second-order valence-corrected chi connectivity index (χ2v) is 7.03. The minimum Gasteiger partial charge on any atom is -0.459 e. The number of ether oxygens (including phenoxy) is 2. The molecule has 0 unspecified atom stereocenters. The second-order valence-electron chi connectivity index (χ2n) is 7.03. The first kappa shape index (κ1) is 18.1. The maximum absolute atomic E-state index is 12.6. The molecule has 0 aromatic rings. The van der Waals surface area contributed by atoms with Crippen LogP contribution in [0.15, 0.2) is 23.3 Å². The molecule has 0 aromatic heterocycles. The van der Waals surface area contributed by atoms with Gasteiger partial charge in [-0.2, -0.15) is 0 Å². The maximum atomic E-state index is 12.6. The minimum atomic E-state index is -2.05. The molecule has 3 aliphatic rings. The molecule has 3 aliphatic heterocycles. The third-order valence-corrected chi connectivity index (χ3v) is 5.59. The number of rotatable bonds is 1. The number of nitrogens with zero attached hydrogens (tertiary/aromatic N) is 1. The van der Waals surface area contributed by atoms with E-state index in [1.165, 1.54) is 0 Å². The van der Waals surface area contributed by atoms with E-state index in [0.717, 1.165) is 25.1 Å². The predicted octanol–water partition coefficient (Wildman–Crippen LogP) is 0.165. The first-order chi connectivity index (χ1) is 11.9. The zero-order valence-corrected chi connectivity index (χ0v) is 14.6. The van der Waals surface area contributed by atoms with E-state index in [2.05, 4.69) is 4.90 Å². The van der Waals surface area contributed by atoms with Crippen molar-refractivity contribution >= 4 is 11.9 Å². The first-order valence-electron chi connectivity index (χ1n) is 8.70. The quantitative estimate of drug-likeness (QED) is 0.395. The number of hydrogen-bond donors (Lipinski definition) is 2. The number of allylic oxidation sites excluding steroid dienone is 1. The number of cyclic esters (lactones) is 1. The molecule has 2 fully saturated rings. The molecule has 0 bridgehead atoms. The van der Waals surface area contributed by atoms with Gasteiger partial charge in [0, 0.05) is 24.6 Å². The molecule has 0 aliphatic carbocycles. The van der Waals surface area contributed by atoms with Crippen molar-refractivity contribution in [1.29, 1.82) is 0 Å². The average molecular weight is 351 g/mol. The van der Waals surface area contributed by atoms with Crippen molar-refractivity contribution in [2.75, 3.05) is 26.3 Å². The van der Waals surface area contributed by atoms with Gasteiger partial charge in [0.15, 0.2) is 5.60 Å². The number of hydrogen-bond acceptors (Lipinski definition) is 7. The lowest BCUT2D eigenvalue weighted by Gasteiger charge is -2.32. The number of aliphatic hydroxyl groups is 2. The summed E-state index contributed by atoms with van der Waals surface area (Å²) in [6.07, 6.45) is 4.20. The molecule has 138 valence electrons. The molecular formula is C18H25NO6. The Balaban J connectivity index is 1.93. The van der Waals surface area contributed by atoms with Gasteiger partial charge in [-0.05, 0) is 25.3 Å². The Morgan fingerprint density at radius 3 is 2.88 bits per heavy atom. The van der Waals surface area contributed by atoms with E-state index in [4.69, 9.17) is 9.47 Å². The number of carbonyl (C=O) groups is 2. The van der Waals surface area contributed by atoms with E-state index in [9.17, 15) is 19.8 Å². The molecule has 2 saturated heterocycles. The second kappa shape index (κ2) is 6.90. The highest BCUT2D eigenvalue weighted by molar-refractivity contribution is 5.89. The van der Waals surface area contributed by atoms with Gasteiger partial charge in [-0.1, -0.05) is 19.1 Å². The van der Waals surface area contributed by atoms with E-state index < -0.39 is 30.1 Å². The van der Waals surface area contributed by atoms with E-state index in [1.807, 2.05) is 6.08 Å². The molecule has 0 aromatic carbocycles. The molecule has 7 heteroatoms. The van der Waals surface area contributed by atoms with E-state index in [1.54, 1.807) is 19.9 Å². The summed E-state index contributed by atoms with van der Waals surface area (Å²) in [7, 11) is 0. The minimum absolute atomic E-state index is 0.0273. The molecular weight excluding hydrogens is 326 g/mol. The van der Waals surface area contributed by atoms with Crippen molar-refractivity contribution in [2.24, 2.45) is 5.92 Å². The highest BCUT2D eigenvalue weighted by Crippen LogP contribution is 2.34. The van der Waals surface area contributed by atoms with Crippen LogP contribution in [0.25, 0.3) is 0 Å². The van der Waals surface area contributed by atoms with Gasteiger partial charge in [-0.3, -0.25) is 4.90 Å². The summed E-state index contributed by atoms with van der Waals surface area (Å²) in [6, 6.07) is -0.0890. The van der Waals surface area contributed by atoms with Crippen molar-refractivity contribution in [3.63, 3.8) is 0 Å². The van der Waals surface area contributed by atoms with Crippen molar-refractivity contribution in [2.45, 2.75) is 44.4 Å². The fourth-order valence-corrected chi connectivity index (χ4v) is 3.85. The molecule has 3 heterocycles. The standard InChI is InChI=1S/C18H25NO6/c1-3-12-8-11(2)18(23,10-20)17(22)24-9-13-4-6-19-7-5-14(15(13)19)25-16(12)21/h3-4,11,14-15,20,23H,5-10H2,1-2H3/b12-3+/t11-,14-,15-,18-/m0/s1. The van der Waals surface area contributed by atoms with Gasteiger partial charge >= 0.3 is 11.9 Å². The highest BCUT2D eigenvalue weighted by Gasteiger charge is 2.46. The Hall–Kier alpha value is -1.70. The Bertz CT molecular complexity index is 627. The SMILES string of the molecule is C/C=C1\C[C@H](C)[C@@](O)(CO)C(=O)OCC2=CCN3CC[C@H](OC1=O)[C@H]23. The molecule has 0 radical (unpaired) electrons. The Morgan fingerprint density at radius 2 is 2.20 bits per heavy atom. The molecule has 0 saturated carbocycles. The Morgan fingerprint density at radius 1 is 1.44 bits per heavy atom. The third-order valence-electron chi connectivity index (χ3n) is 5.59. The van der Waals surface area contributed by atoms with Crippen LogP contribution in [0.5, 0.6) is 0 Å². The Kier molecular flexibility index (Phi) is 4.99. The van der Waals surface area contributed by atoms with Crippen LogP contribution in [0, 0.1) is 5.92 Å². The average Bonchev–Trinajstić information content (AvgIpc) is 3.18. The summed E-state index contributed by atoms with van der Waals surface area (Å²) in [5, 5.41) is 20.2. The van der Waals surface area contributed by atoms with Crippen LogP contribution >= 0.6 is 0 Å². The normalized spacial score (nSPS) is 38.5. The number of esters is 2. The van der Waals surface area contributed by atoms with Gasteiger partial charge in [0.1, 0.15) is 12.7 Å². The van der Waals surface area contributed by atoms with Crippen LogP contribution in [0.3, 0.4) is 0 Å². The van der Waals surface area contributed by atoms with Crippen LogP contribution in [0.1, 0.15) is 26.7 Å². The largest absolute Gasteiger partial charge is 0.459 e. The van der Waals surface area contributed by atoms with E-state index in [0.29, 0.717) is 5.57 Å². The lowest BCUT2D eigenvalue weighted by Crippen LogP contribution is -2.50. The van der Waals surface area contributed by atoms with Crippen molar-refractivity contribution in [3.8, 4) is 0 Å². The van der Waals surface area contributed by atoms with Gasteiger partial charge in [-0.15, -0.1) is 0 Å². The van der Waals surface area contributed by atoms with Gasteiger partial charge < -0.3 is 19.7 Å². The summed E-state index contributed by atoms with van der Waals surface area (Å²) < 4.78 is 11.1. The summed E-state index contributed by atoms with van der Waals surface area (Å²) >= 11 is 0. The zero-order valence-electron chi connectivity index (χ0n) is 14.6. The fourth-order valence-electron chi connectivity index (χ4n) is 3.85. The molecule has 3 rings (SSSR count). The van der Waals surface area contributed by atoms with Crippen LogP contribution in [0.2, 0.25) is 0 Å². The number of aliphatic hydroxyl groups excluding tert-OH is 1. The summed E-state index contributed by atoms with van der Waals surface area (Å²) in [4.78, 5) is 27.2. The van der Waals surface area contributed by atoms with E-state index >= 15 is 0 Å². The van der Waals surface area contributed by atoms with Crippen LogP contribution < -0.4 is 0 Å². The smallest absolute Gasteiger partial charge is 0.341 e. The van der Waals surface area contributed by atoms with Crippen molar-refractivity contribution in [3.05, 3.63) is 23.3 Å². The molecule has 2 N–H and O–H groups in total. The molecule has 7 nitrogen and oxygen atoms in total. The van der Waals surface area contributed by atoms with Gasteiger partial charge in [-0.25, -0.2) is 9.59 Å². The van der Waals surface area contributed by atoms with Gasteiger partial charge in [0.2, 0.25) is 0 Å². The van der Waals surface area contributed by atoms with Gasteiger partial charge in [0.25, 0.3) is 0 Å². The molecule has 0 spiro atoms. The van der Waals surface area contributed by atoms with Gasteiger partial charge in [0.05, 0.1) is 12.6 Å². The van der Waals surface area contributed by atoms with Crippen molar-refractivity contribution < 1.29 is 29.3 Å².